The predicted molar refractivity (Wildman–Crippen MR) is 53.5 cm³/mol. The van der Waals surface area contributed by atoms with Gasteiger partial charge in [-0.25, -0.2) is 0 Å². The minimum Gasteiger partial charge on any atom is -0.499 e. The van der Waals surface area contributed by atoms with Crippen LogP contribution in [0.4, 0.5) is 0 Å². The fourth-order valence-electron chi connectivity index (χ4n) is 1.52. The highest BCUT2D eigenvalue weighted by Crippen LogP contribution is 2.20. The van der Waals surface area contributed by atoms with Gasteiger partial charge >= 0.3 is 0 Å². The van der Waals surface area contributed by atoms with Gasteiger partial charge in [-0.15, -0.1) is 0 Å². The van der Waals surface area contributed by atoms with Crippen molar-refractivity contribution in [2.75, 3.05) is 13.2 Å². The Morgan fingerprint density at radius 2 is 2.38 bits per heavy atom. The summed E-state index contributed by atoms with van der Waals surface area (Å²) in [7, 11) is 0. The number of ether oxygens (including phenoxy) is 2. The molecule has 0 spiro atoms. The minimum absolute atomic E-state index is 0.301. The highest BCUT2D eigenvalue weighted by Gasteiger charge is 2.21. The van der Waals surface area contributed by atoms with E-state index >= 15 is 0 Å². The quantitative estimate of drug-likeness (QED) is 0.625. The first kappa shape index (κ1) is 10.6. The summed E-state index contributed by atoms with van der Waals surface area (Å²) >= 11 is 0. The van der Waals surface area contributed by atoms with E-state index in [0.29, 0.717) is 18.6 Å². The van der Waals surface area contributed by atoms with Gasteiger partial charge in [0.2, 0.25) is 0 Å². The molecule has 1 heterocycles. The van der Waals surface area contributed by atoms with Gasteiger partial charge in [0.1, 0.15) is 6.61 Å². The normalized spacial score (nSPS) is 29.4. The first-order valence-corrected chi connectivity index (χ1v) is 5.22. The van der Waals surface area contributed by atoms with Crippen LogP contribution in [0.5, 0.6) is 0 Å². The smallest absolute Gasteiger partial charge is 0.114 e. The van der Waals surface area contributed by atoms with Crippen LogP contribution in [0, 0.1) is 5.92 Å². The van der Waals surface area contributed by atoms with Crippen molar-refractivity contribution < 1.29 is 9.47 Å². The first-order chi connectivity index (χ1) is 6.34. The lowest BCUT2D eigenvalue weighted by atomic mass is 9.97. The zero-order valence-corrected chi connectivity index (χ0v) is 8.66. The number of hydrogen-bond acceptors (Lipinski definition) is 2. The van der Waals surface area contributed by atoms with Gasteiger partial charge in [-0.1, -0.05) is 19.9 Å². The van der Waals surface area contributed by atoms with E-state index in [0.717, 1.165) is 13.0 Å². The van der Waals surface area contributed by atoms with Crippen molar-refractivity contribution in [3.05, 3.63) is 12.3 Å². The third-order valence-corrected chi connectivity index (χ3v) is 2.46. The lowest BCUT2D eigenvalue weighted by molar-refractivity contribution is -0.0523. The van der Waals surface area contributed by atoms with Crippen LogP contribution in [0.25, 0.3) is 0 Å². The molecule has 0 aromatic rings. The third-order valence-electron chi connectivity index (χ3n) is 2.46. The van der Waals surface area contributed by atoms with Crippen molar-refractivity contribution in [3.63, 3.8) is 0 Å². The summed E-state index contributed by atoms with van der Waals surface area (Å²) in [5.74, 6) is 0.642. The molecular weight excluding hydrogens is 164 g/mol. The molecule has 2 heteroatoms. The Morgan fingerprint density at radius 1 is 1.54 bits per heavy atom. The lowest BCUT2D eigenvalue weighted by Gasteiger charge is -2.28. The van der Waals surface area contributed by atoms with Crippen LogP contribution < -0.4 is 0 Å². The van der Waals surface area contributed by atoms with Crippen LogP contribution in [-0.2, 0) is 9.47 Å². The maximum Gasteiger partial charge on any atom is 0.114 e. The molecule has 0 radical (unpaired) electrons. The van der Waals surface area contributed by atoms with Gasteiger partial charge in [-0.2, -0.15) is 0 Å². The van der Waals surface area contributed by atoms with Crippen molar-refractivity contribution in [2.24, 2.45) is 5.92 Å². The monoisotopic (exact) mass is 184 g/mol. The van der Waals surface area contributed by atoms with Gasteiger partial charge in [0.05, 0.1) is 12.4 Å². The summed E-state index contributed by atoms with van der Waals surface area (Å²) in [6.45, 7) is 5.93. The Bertz CT molecular complexity index is 154. The fraction of sp³-hybridized carbons (Fsp3) is 0.818. The lowest BCUT2D eigenvalue weighted by Crippen LogP contribution is -2.31. The molecule has 0 aliphatic carbocycles. The van der Waals surface area contributed by atoms with E-state index < -0.39 is 0 Å². The van der Waals surface area contributed by atoms with Gasteiger partial charge in [0.15, 0.2) is 0 Å². The van der Waals surface area contributed by atoms with E-state index in [1.807, 2.05) is 6.08 Å². The second-order valence-electron chi connectivity index (χ2n) is 3.64. The van der Waals surface area contributed by atoms with Crippen molar-refractivity contribution in [1.82, 2.24) is 0 Å². The second kappa shape index (κ2) is 6.03. The molecule has 0 amide bonds. The Balaban J connectivity index is 2.15. The SMILES string of the molecule is CCC=COCC1OCCCC1C. The van der Waals surface area contributed by atoms with E-state index in [9.17, 15) is 0 Å². The Labute approximate surface area is 80.9 Å². The summed E-state index contributed by atoms with van der Waals surface area (Å²) in [4.78, 5) is 0. The largest absolute Gasteiger partial charge is 0.499 e. The fourth-order valence-corrected chi connectivity index (χ4v) is 1.52. The van der Waals surface area contributed by atoms with E-state index in [1.54, 1.807) is 6.26 Å². The number of allylic oxidation sites excluding steroid dienone is 1. The molecule has 1 fully saturated rings. The van der Waals surface area contributed by atoms with Gasteiger partial charge in [0, 0.05) is 6.61 Å². The molecule has 1 aliphatic rings. The van der Waals surface area contributed by atoms with Crippen LogP contribution in [0.2, 0.25) is 0 Å². The molecular formula is C11H20O2. The van der Waals surface area contributed by atoms with E-state index in [4.69, 9.17) is 9.47 Å². The predicted octanol–water partition coefficient (Wildman–Crippen LogP) is 2.74. The van der Waals surface area contributed by atoms with Crippen LogP contribution in [0.15, 0.2) is 12.3 Å². The summed E-state index contributed by atoms with van der Waals surface area (Å²) in [5, 5.41) is 0. The maximum atomic E-state index is 5.61. The zero-order valence-electron chi connectivity index (χ0n) is 8.66. The first-order valence-electron chi connectivity index (χ1n) is 5.22. The van der Waals surface area contributed by atoms with Crippen LogP contribution in [-0.4, -0.2) is 19.3 Å². The molecule has 0 aromatic heterocycles. The molecule has 0 saturated carbocycles. The molecule has 0 aromatic carbocycles. The molecule has 13 heavy (non-hydrogen) atoms. The standard InChI is InChI=1S/C11H20O2/c1-3-4-7-12-9-11-10(2)6-5-8-13-11/h4,7,10-11H,3,5-6,8-9H2,1-2H3. The Hall–Kier alpha value is -0.500. The molecule has 2 nitrogen and oxygen atoms in total. The number of rotatable bonds is 4. The Kier molecular flexibility index (Phi) is 4.91. The van der Waals surface area contributed by atoms with Gasteiger partial charge < -0.3 is 9.47 Å². The molecule has 2 unspecified atom stereocenters. The van der Waals surface area contributed by atoms with E-state index in [2.05, 4.69) is 13.8 Å². The second-order valence-corrected chi connectivity index (χ2v) is 3.64. The minimum atomic E-state index is 0.301. The summed E-state index contributed by atoms with van der Waals surface area (Å²) in [6, 6.07) is 0. The molecule has 1 saturated heterocycles. The zero-order chi connectivity index (χ0) is 9.52. The molecule has 76 valence electrons. The highest BCUT2D eigenvalue weighted by molar-refractivity contribution is 4.74. The maximum absolute atomic E-state index is 5.61. The number of hydrogen-bond donors (Lipinski definition) is 0. The van der Waals surface area contributed by atoms with Crippen molar-refractivity contribution in [3.8, 4) is 0 Å². The van der Waals surface area contributed by atoms with Crippen molar-refractivity contribution >= 4 is 0 Å². The molecule has 1 rings (SSSR count). The Morgan fingerprint density at radius 3 is 3.08 bits per heavy atom. The molecule has 2 atom stereocenters. The molecule has 1 aliphatic heterocycles. The average Bonchev–Trinajstić information content (AvgIpc) is 2.15. The van der Waals surface area contributed by atoms with Gasteiger partial charge in [-0.3, -0.25) is 0 Å². The van der Waals surface area contributed by atoms with Gasteiger partial charge in [0.25, 0.3) is 0 Å². The van der Waals surface area contributed by atoms with E-state index in [1.165, 1.54) is 12.8 Å². The summed E-state index contributed by atoms with van der Waals surface area (Å²) < 4.78 is 11.0. The molecule has 0 N–H and O–H groups in total. The third kappa shape index (κ3) is 3.81. The van der Waals surface area contributed by atoms with Crippen LogP contribution >= 0.6 is 0 Å². The van der Waals surface area contributed by atoms with E-state index in [-0.39, 0.29) is 0 Å². The summed E-state index contributed by atoms with van der Waals surface area (Å²) in [6.07, 6.45) is 7.60. The van der Waals surface area contributed by atoms with Crippen molar-refractivity contribution in [2.45, 2.75) is 39.2 Å². The topological polar surface area (TPSA) is 18.5 Å². The summed E-state index contributed by atoms with van der Waals surface area (Å²) in [5.41, 5.74) is 0. The highest BCUT2D eigenvalue weighted by atomic mass is 16.5. The van der Waals surface area contributed by atoms with Crippen LogP contribution in [0.3, 0.4) is 0 Å². The van der Waals surface area contributed by atoms with Crippen LogP contribution in [0.1, 0.15) is 33.1 Å². The van der Waals surface area contributed by atoms with Gasteiger partial charge in [-0.05, 0) is 25.2 Å². The molecule has 0 bridgehead atoms. The van der Waals surface area contributed by atoms with Crippen molar-refractivity contribution in [1.29, 1.82) is 0 Å². The average molecular weight is 184 g/mol.